The lowest BCUT2D eigenvalue weighted by Gasteiger charge is -2.35. The van der Waals surface area contributed by atoms with Crippen LogP contribution in [-0.2, 0) is 15.8 Å². The molecule has 0 fully saturated rings. The van der Waals surface area contributed by atoms with Gasteiger partial charge in [-0.05, 0) is 59.9 Å². The number of rotatable bonds is 4. The molecule has 0 saturated heterocycles. The van der Waals surface area contributed by atoms with Gasteiger partial charge in [0.25, 0.3) is 0 Å². The fraction of sp³-hybridized carbons (Fsp3) is 0.267. The van der Waals surface area contributed by atoms with Crippen molar-refractivity contribution in [3.05, 3.63) is 94.7 Å². The number of ether oxygens (including phenoxy) is 2. The van der Waals surface area contributed by atoms with Crippen molar-refractivity contribution in [2.45, 2.75) is 37.2 Å². The van der Waals surface area contributed by atoms with Gasteiger partial charge in [-0.25, -0.2) is 0 Å². The first-order valence-corrected chi connectivity index (χ1v) is 12.7. The van der Waals surface area contributed by atoms with Crippen molar-refractivity contribution >= 4 is 23.1 Å². The highest BCUT2D eigenvalue weighted by Gasteiger charge is 2.50. The van der Waals surface area contributed by atoms with Crippen molar-refractivity contribution in [3.63, 3.8) is 0 Å². The van der Waals surface area contributed by atoms with E-state index in [4.69, 9.17) is 9.47 Å². The Balaban J connectivity index is 1.70. The van der Waals surface area contributed by atoms with Crippen LogP contribution in [0.4, 0.5) is 37.7 Å². The second kappa shape index (κ2) is 10.7. The molecule has 2 atom stereocenters. The molecule has 0 bridgehead atoms. The molecular formula is C30H24F6N2O4. The summed E-state index contributed by atoms with van der Waals surface area (Å²) < 4.78 is 92.7. The van der Waals surface area contributed by atoms with Crippen molar-refractivity contribution < 1.29 is 45.4 Å². The summed E-state index contributed by atoms with van der Waals surface area (Å²) >= 11 is 0. The standard InChI is InChI=1S/C30H24F6N2O4/c1-41-24-12-9-17(15-25(24)42-2)18-13-21-26(23(39)14-18)27(16-7-10-19(11-8-16)29(31,32)33)38(28(40)30(34,35)36)22-6-4-3-5-20(22)37-21/h3-12,15,18,27,37H,13-14H2,1-2H3/t18-,27-/m0/s1. The average molecular weight is 591 g/mol. The van der Waals surface area contributed by atoms with Crippen LogP contribution < -0.4 is 19.7 Å². The Labute approximate surface area is 236 Å². The normalized spacial score (nSPS) is 19.0. The third-order valence-corrected chi connectivity index (χ3v) is 7.38. The number of anilines is 2. The number of Topliss-reactive ketones (excluding diaryl/α,β-unsaturated/α-hetero) is 1. The molecule has 42 heavy (non-hydrogen) atoms. The molecule has 0 radical (unpaired) electrons. The van der Waals surface area contributed by atoms with Crippen LogP contribution in [0.15, 0.2) is 78.0 Å². The minimum absolute atomic E-state index is 0.0791. The summed E-state index contributed by atoms with van der Waals surface area (Å²) in [5.74, 6) is -2.35. The van der Waals surface area contributed by atoms with Crippen molar-refractivity contribution in [2.75, 3.05) is 24.4 Å². The summed E-state index contributed by atoms with van der Waals surface area (Å²) in [6.45, 7) is 0. The maximum absolute atomic E-state index is 14.0. The zero-order chi connectivity index (χ0) is 30.4. The third kappa shape index (κ3) is 5.28. The Hall–Kier alpha value is -4.48. The molecule has 0 spiro atoms. The molecule has 6 nitrogen and oxygen atoms in total. The number of methoxy groups -OCH3 is 2. The number of fused-ring (bicyclic) bond motifs is 1. The number of allylic oxidation sites excluding steroid dienone is 1. The van der Waals surface area contributed by atoms with Gasteiger partial charge >= 0.3 is 18.3 Å². The van der Waals surface area contributed by atoms with Crippen LogP contribution >= 0.6 is 0 Å². The van der Waals surface area contributed by atoms with Crippen molar-refractivity contribution in [2.24, 2.45) is 0 Å². The number of benzene rings is 3. The second-order valence-corrected chi connectivity index (χ2v) is 9.87. The molecule has 3 aromatic rings. The minimum atomic E-state index is -5.35. The predicted octanol–water partition coefficient (Wildman–Crippen LogP) is 7.19. The first kappa shape index (κ1) is 29.0. The van der Waals surface area contributed by atoms with Gasteiger partial charge in [-0.2, -0.15) is 26.3 Å². The maximum atomic E-state index is 14.0. The number of ketones is 1. The van der Waals surface area contributed by atoms with E-state index in [-0.39, 0.29) is 41.1 Å². The van der Waals surface area contributed by atoms with Crippen molar-refractivity contribution in [1.82, 2.24) is 0 Å². The minimum Gasteiger partial charge on any atom is -0.493 e. The molecular weight excluding hydrogens is 566 g/mol. The molecule has 5 rings (SSSR count). The van der Waals surface area contributed by atoms with Crippen LogP contribution in [0.25, 0.3) is 0 Å². The molecule has 0 aromatic heterocycles. The highest BCUT2D eigenvalue weighted by atomic mass is 19.4. The maximum Gasteiger partial charge on any atom is 0.471 e. The van der Waals surface area contributed by atoms with E-state index in [1.54, 1.807) is 24.3 Å². The van der Waals surface area contributed by atoms with Crippen LogP contribution in [0, 0.1) is 0 Å². The summed E-state index contributed by atoms with van der Waals surface area (Å²) in [5.41, 5.74) is -0.288. The molecule has 0 saturated carbocycles. The SMILES string of the molecule is COc1ccc([C@@H]2CC(=O)C3=C(C2)Nc2ccccc2N(C(=O)C(F)(F)F)[C@H]3c2ccc(C(F)(F)F)cc2)cc1OC. The first-order chi connectivity index (χ1) is 19.8. The number of hydrogen-bond donors (Lipinski definition) is 1. The van der Waals surface area contributed by atoms with Gasteiger partial charge in [-0.3, -0.25) is 14.5 Å². The second-order valence-electron chi connectivity index (χ2n) is 9.87. The Morgan fingerprint density at radius 1 is 0.857 bits per heavy atom. The smallest absolute Gasteiger partial charge is 0.471 e. The van der Waals surface area contributed by atoms with Gasteiger partial charge in [0.15, 0.2) is 17.3 Å². The highest BCUT2D eigenvalue weighted by molar-refractivity contribution is 6.07. The Morgan fingerprint density at radius 2 is 1.50 bits per heavy atom. The molecule has 3 aromatic carbocycles. The van der Waals surface area contributed by atoms with Crippen LogP contribution in [0.3, 0.4) is 0 Å². The molecule has 1 N–H and O–H groups in total. The van der Waals surface area contributed by atoms with Crippen molar-refractivity contribution in [1.29, 1.82) is 0 Å². The topological polar surface area (TPSA) is 67.9 Å². The number of halogens is 6. The van der Waals surface area contributed by atoms with Crippen LogP contribution in [0.1, 0.15) is 41.5 Å². The molecule has 1 heterocycles. The Morgan fingerprint density at radius 3 is 2.12 bits per heavy atom. The molecule has 1 amide bonds. The lowest BCUT2D eigenvalue weighted by molar-refractivity contribution is -0.170. The monoisotopic (exact) mass is 590 g/mol. The predicted molar refractivity (Wildman–Crippen MR) is 141 cm³/mol. The van der Waals surface area contributed by atoms with Gasteiger partial charge in [0.05, 0.1) is 37.2 Å². The molecule has 0 unspecified atom stereocenters. The molecule has 220 valence electrons. The van der Waals surface area contributed by atoms with Gasteiger partial charge in [0.1, 0.15) is 0 Å². The number of nitrogens with one attached hydrogen (secondary N) is 1. The van der Waals surface area contributed by atoms with Crippen LogP contribution in [0.2, 0.25) is 0 Å². The fourth-order valence-corrected chi connectivity index (χ4v) is 5.46. The van der Waals surface area contributed by atoms with Crippen LogP contribution in [0.5, 0.6) is 11.5 Å². The van der Waals surface area contributed by atoms with Gasteiger partial charge in [-0.15, -0.1) is 0 Å². The first-order valence-electron chi connectivity index (χ1n) is 12.7. The summed E-state index contributed by atoms with van der Waals surface area (Å²) in [7, 11) is 2.93. The fourth-order valence-electron chi connectivity index (χ4n) is 5.46. The van der Waals surface area contributed by atoms with E-state index in [2.05, 4.69) is 5.32 Å². The summed E-state index contributed by atoms with van der Waals surface area (Å²) in [6, 6.07) is 12.7. The number of para-hydroxylation sites is 2. The molecule has 2 aliphatic rings. The summed E-state index contributed by atoms with van der Waals surface area (Å²) in [4.78, 5) is 27.3. The van der Waals surface area contributed by atoms with Gasteiger partial charge in [0.2, 0.25) is 0 Å². The molecule has 12 heteroatoms. The number of carbonyl (C=O) groups excluding carboxylic acids is 2. The summed E-state index contributed by atoms with van der Waals surface area (Å²) in [5, 5.41) is 3.08. The van der Waals surface area contributed by atoms with E-state index in [1.165, 1.54) is 32.4 Å². The lowest BCUT2D eigenvalue weighted by Crippen LogP contribution is -2.45. The summed E-state index contributed by atoms with van der Waals surface area (Å²) in [6.07, 6.45) is -10.0. The third-order valence-electron chi connectivity index (χ3n) is 7.38. The zero-order valence-electron chi connectivity index (χ0n) is 22.3. The number of hydrogen-bond acceptors (Lipinski definition) is 5. The molecule has 1 aliphatic carbocycles. The van der Waals surface area contributed by atoms with Gasteiger partial charge in [0, 0.05) is 17.7 Å². The number of alkyl halides is 6. The zero-order valence-corrected chi connectivity index (χ0v) is 22.3. The number of carbonyl (C=O) groups is 2. The Kier molecular flexibility index (Phi) is 7.42. The van der Waals surface area contributed by atoms with Gasteiger partial charge < -0.3 is 14.8 Å². The highest BCUT2D eigenvalue weighted by Crippen LogP contribution is 2.49. The van der Waals surface area contributed by atoms with E-state index >= 15 is 0 Å². The molecule has 1 aliphatic heterocycles. The lowest BCUT2D eigenvalue weighted by atomic mass is 9.78. The van der Waals surface area contributed by atoms with E-state index in [0.29, 0.717) is 22.0 Å². The van der Waals surface area contributed by atoms with E-state index in [1.807, 2.05) is 0 Å². The van der Waals surface area contributed by atoms with E-state index in [9.17, 15) is 35.9 Å². The largest absolute Gasteiger partial charge is 0.493 e. The van der Waals surface area contributed by atoms with Crippen molar-refractivity contribution in [3.8, 4) is 11.5 Å². The Bertz CT molecular complexity index is 1560. The van der Waals surface area contributed by atoms with E-state index in [0.717, 1.165) is 24.3 Å². The average Bonchev–Trinajstić information content (AvgIpc) is 3.10. The van der Waals surface area contributed by atoms with Gasteiger partial charge in [-0.1, -0.05) is 30.3 Å². The number of nitrogens with zero attached hydrogens (tertiary/aromatic N) is 1. The quantitative estimate of drug-likeness (QED) is 0.326. The van der Waals surface area contributed by atoms with Crippen LogP contribution in [-0.4, -0.2) is 32.1 Å². The number of amides is 1. The van der Waals surface area contributed by atoms with E-state index < -0.39 is 41.6 Å².